The third-order valence-electron chi connectivity index (χ3n) is 3.57. The Hall–Kier alpha value is -1.68. The minimum absolute atomic E-state index is 0.0600. The van der Waals surface area contributed by atoms with Crippen molar-refractivity contribution in [2.75, 3.05) is 6.54 Å². The van der Waals surface area contributed by atoms with E-state index in [9.17, 15) is 4.79 Å². The highest BCUT2D eigenvalue weighted by molar-refractivity contribution is 5.77. The summed E-state index contributed by atoms with van der Waals surface area (Å²) >= 11 is 0. The Morgan fingerprint density at radius 2 is 2.00 bits per heavy atom. The van der Waals surface area contributed by atoms with Gasteiger partial charge in [0.15, 0.2) is 0 Å². The fourth-order valence-corrected chi connectivity index (χ4v) is 2.49. The highest BCUT2D eigenvalue weighted by Gasteiger charge is 2.17. The maximum Gasteiger partial charge on any atom is 0.261 e. The van der Waals surface area contributed by atoms with Crippen LogP contribution in [0.2, 0.25) is 0 Å². The van der Waals surface area contributed by atoms with E-state index in [1.54, 1.807) is 4.57 Å². The first-order chi connectivity index (χ1) is 9.72. The molecule has 1 aromatic heterocycles. The average molecular weight is 273 g/mol. The van der Waals surface area contributed by atoms with Crippen molar-refractivity contribution >= 4 is 10.9 Å². The van der Waals surface area contributed by atoms with E-state index >= 15 is 0 Å². The van der Waals surface area contributed by atoms with Crippen molar-refractivity contribution < 1.29 is 0 Å². The van der Waals surface area contributed by atoms with Gasteiger partial charge in [-0.3, -0.25) is 9.36 Å². The zero-order valence-electron chi connectivity index (χ0n) is 12.5. The van der Waals surface area contributed by atoms with E-state index in [1.807, 2.05) is 31.2 Å². The molecule has 0 fully saturated rings. The molecule has 1 N–H and O–H groups in total. The lowest BCUT2D eigenvalue weighted by Crippen LogP contribution is -2.32. The SMILES string of the molecule is CCCN[C@H](CC)c1nc2ccccc2c(=O)n1CC. The summed E-state index contributed by atoms with van der Waals surface area (Å²) in [6.45, 7) is 7.84. The van der Waals surface area contributed by atoms with Crippen molar-refractivity contribution in [2.45, 2.75) is 46.2 Å². The number of hydrogen-bond donors (Lipinski definition) is 1. The van der Waals surface area contributed by atoms with Crippen LogP contribution in [0.4, 0.5) is 0 Å². The van der Waals surface area contributed by atoms with Gasteiger partial charge in [-0.1, -0.05) is 26.0 Å². The second-order valence-electron chi connectivity index (χ2n) is 4.95. The fraction of sp³-hybridized carbons (Fsp3) is 0.500. The van der Waals surface area contributed by atoms with E-state index in [-0.39, 0.29) is 11.6 Å². The molecule has 0 spiro atoms. The predicted octanol–water partition coefficient (Wildman–Crippen LogP) is 2.87. The van der Waals surface area contributed by atoms with Crippen LogP contribution in [0.3, 0.4) is 0 Å². The first-order valence-electron chi connectivity index (χ1n) is 7.45. The smallest absolute Gasteiger partial charge is 0.261 e. The standard InChI is InChI=1S/C16H23N3O/c1-4-11-17-13(5-2)15-18-14-10-8-7-9-12(14)16(20)19(15)6-3/h7-10,13,17H,4-6,11H2,1-3H3/t13-/m1/s1. The number of hydrogen-bond acceptors (Lipinski definition) is 3. The van der Waals surface area contributed by atoms with Crippen LogP contribution in [0.25, 0.3) is 10.9 Å². The summed E-state index contributed by atoms with van der Waals surface area (Å²) in [5, 5.41) is 4.18. The van der Waals surface area contributed by atoms with Gasteiger partial charge in [-0.15, -0.1) is 0 Å². The monoisotopic (exact) mass is 273 g/mol. The number of fused-ring (bicyclic) bond motifs is 1. The fourth-order valence-electron chi connectivity index (χ4n) is 2.49. The minimum Gasteiger partial charge on any atom is -0.307 e. The van der Waals surface area contributed by atoms with Gasteiger partial charge in [0.2, 0.25) is 0 Å². The molecule has 0 saturated heterocycles. The number of nitrogens with one attached hydrogen (secondary N) is 1. The maximum absolute atomic E-state index is 12.6. The number of rotatable bonds is 6. The molecule has 0 bridgehead atoms. The van der Waals surface area contributed by atoms with Crippen LogP contribution in [-0.2, 0) is 6.54 Å². The van der Waals surface area contributed by atoms with Gasteiger partial charge in [-0.25, -0.2) is 4.98 Å². The lowest BCUT2D eigenvalue weighted by molar-refractivity contribution is 0.464. The van der Waals surface area contributed by atoms with Gasteiger partial charge in [0.1, 0.15) is 5.82 Å². The average Bonchev–Trinajstić information content (AvgIpc) is 2.48. The summed E-state index contributed by atoms with van der Waals surface area (Å²) < 4.78 is 1.79. The van der Waals surface area contributed by atoms with Gasteiger partial charge in [-0.05, 0) is 38.4 Å². The topological polar surface area (TPSA) is 46.9 Å². The summed E-state index contributed by atoms with van der Waals surface area (Å²) in [6, 6.07) is 7.70. The minimum atomic E-state index is 0.0600. The molecule has 0 aliphatic heterocycles. The van der Waals surface area contributed by atoms with E-state index in [4.69, 9.17) is 4.98 Å². The second kappa shape index (κ2) is 6.66. The quantitative estimate of drug-likeness (QED) is 0.880. The molecule has 0 radical (unpaired) electrons. The molecule has 20 heavy (non-hydrogen) atoms. The molecule has 0 aliphatic rings. The van der Waals surface area contributed by atoms with Crippen LogP contribution in [0.5, 0.6) is 0 Å². The number of aromatic nitrogens is 2. The van der Waals surface area contributed by atoms with Gasteiger partial charge < -0.3 is 5.32 Å². The lowest BCUT2D eigenvalue weighted by Gasteiger charge is -2.20. The number of benzene rings is 1. The number of para-hydroxylation sites is 1. The largest absolute Gasteiger partial charge is 0.307 e. The molecule has 4 nitrogen and oxygen atoms in total. The van der Waals surface area contributed by atoms with Gasteiger partial charge >= 0.3 is 0 Å². The van der Waals surface area contributed by atoms with Crippen molar-refractivity contribution in [3.8, 4) is 0 Å². The van der Waals surface area contributed by atoms with Gasteiger partial charge in [-0.2, -0.15) is 0 Å². The summed E-state index contributed by atoms with van der Waals surface area (Å²) in [7, 11) is 0. The number of nitrogens with zero attached hydrogens (tertiary/aromatic N) is 2. The summed E-state index contributed by atoms with van der Waals surface area (Å²) in [5.41, 5.74) is 0.846. The molecule has 0 saturated carbocycles. The van der Waals surface area contributed by atoms with E-state index in [0.717, 1.165) is 30.7 Å². The summed E-state index contributed by atoms with van der Waals surface area (Å²) in [5.74, 6) is 0.854. The Morgan fingerprint density at radius 3 is 2.65 bits per heavy atom. The molecular weight excluding hydrogens is 250 g/mol. The normalized spacial score (nSPS) is 12.8. The molecule has 2 rings (SSSR count). The van der Waals surface area contributed by atoms with Crippen molar-refractivity contribution in [3.05, 3.63) is 40.4 Å². The lowest BCUT2D eigenvalue weighted by atomic mass is 10.1. The predicted molar refractivity (Wildman–Crippen MR) is 83.0 cm³/mol. The third kappa shape index (κ3) is 2.75. The van der Waals surface area contributed by atoms with E-state index in [0.29, 0.717) is 11.9 Å². The molecule has 0 unspecified atom stereocenters. The van der Waals surface area contributed by atoms with Crippen molar-refractivity contribution in [1.29, 1.82) is 0 Å². The van der Waals surface area contributed by atoms with Crippen LogP contribution >= 0.6 is 0 Å². The molecule has 4 heteroatoms. The van der Waals surface area contributed by atoms with E-state index in [1.165, 1.54) is 0 Å². The van der Waals surface area contributed by atoms with Crippen LogP contribution in [-0.4, -0.2) is 16.1 Å². The van der Waals surface area contributed by atoms with Crippen molar-refractivity contribution in [3.63, 3.8) is 0 Å². The molecule has 108 valence electrons. The molecular formula is C16H23N3O. The Morgan fingerprint density at radius 1 is 1.25 bits per heavy atom. The molecule has 1 aromatic carbocycles. The summed E-state index contributed by atoms with van der Waals surface area (Å²) in [6.07, 6.45) is 1.99. The Kier molecular flexibility index (Phi) is 4.90. The van der Waals surface area contributed by atoms with Gasteiger partial charge in [0.05, 0.1) is 16.9 Å². The molecule has 2 aromatic rings. The zero-order chi connectivity index (χ0) is 14.5. The van der Waals surface area contributed by atoms with Crippen LogP contribution in [0, 0.1) is 0 Å². The van der Waals surface area contributed by atoms with Crippen molar-refractivity contribution in [1.82, 2.24) is 14.9 Å². The van der Waals surface area contributed by atoms with E-state index in [2.05, 4.69) is 19.2 Å². The third-order valence-corrected chi connectivity index (χ3v) is 3.57. The highest BCUT2D eigenvalue weighted by Crippen LogP contribution is 2.16. The Balaban J connectivity index is 2.58. The molecule has 1 atom stereocenters. The highest BCUT2D eigenvalue weighted by atomic mass is 16.1. The zero-order valence-corrected chi connectivity index (χ0v) is 12.5. The molecule has 0 amide bonds. The van der Waals surface area contributed by atoms with E-state index < -0.39 is 0 Å². The van der Waals surface area contributed by atoms with Crippen LogP contribution in [0.1, 0.15) is 45.5 Å². The Bertz CT molecular complexity index is 633. The summed E-state index contributed by atoms with van der Waals surface area (Å²) in [4.78, 5) is 17.3. The van der Waals surface area contributed by atoms with Crippen LogP contribution < -0.4 is 10.9 Å². The first kappa shape index (κ1) is 14.7. The van der Waals surface area contributed by atoms with Gasteiger partial charge in [0.25, 0.3) is 5.56 Å². The second-order valence-corrected chi connectivity index (χ2v) is 4.95. The Labute approximate surface area is 119 Å². The molecule has 0 aliphatic carbocycles. The maximum atomic E-state index is 12.6. The van der Waals surface area contributed by atoms with Gasteiger partial charge in [0, 0.05) is 6.54 Å². The van der Waals surface area contributed by atoms with Crippen LogP contribution in [0.15, 0.2) is 29.1 Å². The molecule has 1 heterocycles. The first-order valence-corrected chi connectivity index (χ1v) is 7.45. The van der Waals surface area contributed by atoms with Crippen molar-refractivity contribution in [2.24, 2.45) is 0 Å².